The van der Waals surface area contributed by atoms with Crippen LogP contribution in [0.2, 0.25) is 0 Å². The molecule has 2 saturated carbocycles. The second-order valence-corrected chi connectivity index (χ2v) is 19.8. The van der Waals surface area contributed by atoms with E-state index in [-0.39, 0.29) is 23.8 Å². The van der Waals surface area contributed by atoms with Gasteiger partial charge in [-0.15, -0.1) is 0 Å². The number of esters is 2. The lowest BCUT2D eigenvalue weighted by Gasteiger charge is -2.33. The van der Waals surface area contributed by atoms with E-state index in [0.29, 0.717) is 30.3 Å². The zero-order valence-corrected chi connectivity index (χ0v) is 46.1. The summed E-state index contributed by atoms with van der Waals surface area (Å²) in [6.07, 6.45) is 12.4. The molecule has 0 aliphatic heterocycles. The number of carbonyl (C=O) groups is 4. The molecule has 0 spiro atoms. The molecule has 4 aromatic carbocycles. The van der Waals surface area contributed by atoms with Crippen molar-refractivity contribution in [2.75, 3.05) is 6.61 Å². The lowest BCUT2D eigenvalue weighted by atomic mass is 9.88. The normalized spacial score (nSPS) is 14.7. The Morgan fingerprint density at radius 2 is 1.08 bits per heavy atom. The molecular formula is C62H88O11. The molecule has 0 aromatic heterocycles. The Hall–Kier alpha value is -6.20. The highest BCUT2D eigenvalue weighted by Gasteiger charge is 2.42. The largest absolute Gasteiger partial charge is 0.508 e. The number of aliphatic carboxylic acids is 2. The number of carbonyl (C=O) groups excluding carboxylic acids is 2. The van der Waals surface area contributed by atoms with E-state index in [0.717, 1.165) is 93.6 Å². The fourth-order valence-corrected chi connectivity index (χ4v) is 7.33. The highest BCUT2D eigenvalue weighted by atomic mass is 16.7. The third-order valence-corrected chi connectivity index (χ3v) is 13.1. The molecule has 0 radical (unpaired) electrons. The van der Waals surface area contributed by atoms with Gasteiger partial charge >= 0.3 is 17.9 Å². The zero-order chi connectivity index (χ0) is 55.3. The minimum atomic E-state index is -0.833. The summed E-state index contributed by atoms with van der Waals surface area (Å²) < 4.78 is 22.5. The first kappa shape index (κ1) is 64.8. The van der Waals surface area contributed by atoms with Gasteiger partial charge in [-0.25, -0.2) is 4.79 Å². The van der Waals surface area contributed by atoms with Crippen molar-refractivity contribution in [3.63, 3.8) is 0 Å². The molecule has 6 rings (SSSR count). The monoisotopic (exact) mass is 1010 g/mol. The zero-order valence-electron chi connectivity index (χ0n) is 46.1. The van der Waals surface area contributed by atoms with E-state index in [9.17, 15) is 14.4 Å². The van der Waals surface area contributed by atoms with E-state index < -0.39 is 28.4 Å². The molecule has 4 aromatic rings. The van der Waals surface area contributed by atoms with Gasteiger partial charge < -0.3 is 34.3 Å². The van der Waals surface area contributed by atoms with Crippen LogP contribution < -0.4 is 4.74 Å². The molecule has 11 nitrogen and oxygen atoms in total. The third-order valence-electron chi connectivity index (χ3n) is 13.1. The number of hydrogen-bond donors (Lipinski definition) is 3. The van der Waals surface area contributed by atoms with Gasteiger partial charge in [0.1, 0.15) is 22.7 Å². The Bertz CT molecular complexity index is 2210. The molecule has 3 N–H and O–H groups in total. The predicted molar refractivity (Wildman–Crippen MR) is 294 cm³/mol. The molecule has 2 unspecified atom stereocenters. The van der Waals surface area contributed by atoms with Gasteiger partial charge in [0.2, 0.25) is 0 Å². The molecule has 2 atom stereocenters. The SMILES string of the molecule is C=C(C)C(=O)OC1(c2ccccc2)CCCC1.C=Cc1ccc(OC(C)OCC)cc1.CC(=O)O.CCC(C)(C)C(=O)O.CCC(C)(C)C(=O)OC1(c2ccccc2)CCCC1.CCC(C)c1ccc(O)cc1. The highest BCUT2D eigenvalue weighted by Crippen LogP contribution is 2.44. The quantitative estimate of drug-likeness (QED) is 0.0555. The Kier molecular flexibility index (Phi) is 29.1. The average Bonchev–Trinajstić information content (AvgIpc) is 4.07. The summed E-state index contributed by atoms with van der Waals surface area (Å²) in [6, 6.07) is 35.4. The smallest absolute Gasteiger partial charge is 0.333 e. The topological polar surface area (TPSA) is 166 Å². The first-order valence-electron chi connectivity index (χ1n) is 25.8. The second kappa shape index (κ2) is 32.8. The summed E-state index contributed by atoms with van der Waals surface area (Å²) >= 11 is 0. The third kappa shape index (κ3) is 23.5. The molecule has 11 heteroatoms. The van der Waals surface area contributed by atoms with Crippen LogP contribution in [-0.4, -0.2) is 52.1 Å². The molecule has 2 aliphatic carbocycles. The number of carboxylic acid groups (broad SMARTS) is 2. The number of benzene rings is 4. The minimum Gasteiger partial charge on any atom is -0.508 e. The van der Waals surface area contributed by atoms with Crippen molar-refractivity contribution in [1.82, 2.24) is 0 Å². The van der Waals surface area contributed by atoms with Crippen LogP contribution in [-0.2, 0) is 44.6 Å². The number of phenolic OH excluding ortho intramolecular Hbond substituents is 1. The first-order valence-corrected chi connectivity index (χ1v) is 25.8. The van der Waals surface area contributed by atoms with Gasteiger partial charge in [-0.05, 0) is 172 Å². The standard InChI is InChI=1S/C17H24O2.C15H18O2.C12H16O2.C10H14O.C6H12O2.C2H4O2/c1-4-16(2,3)15(18)19-17(12-8-9-13-17)14-10-6-5-7-11-14;1-12(2)14(16)17-15(10-6-7-11-15)13-8-4-3-5-9-13;1-4-11-6-8-12(9-7-11)14-10(3)13-5-2;1-3-8(2)9-4-6-10(11)7-5-9;1-4-6(2,3)5(7)8;1-2(3)4/h5-7,10-11H,4,8-9,12-13H2,1-3H3;3-5,8-9H,1,6-7,10-11H2,2H3;4,6-10H,1,5H2,2-3H3;4-8,11H,3H2,1-2H3;4H2,1-3H3,(H,7,8);1H3,(H,3,4). The van der Waals surface area contributed by atoms with Gasteiger partial charge in [-0.1, -0.05) is 132 Å². The van der Waals surface area contributed by atoms with Crippen LogP contribution in [0.5, 0.6) is 11.5 Å². The number of ether oxygens (including phenoxy) is 4. The fraction of sp³-hybridized carbons (Fsp3) is 0.484. The summed E-state index contributed by atoms with van der Waals surface area (Å²) in [6.45, 7) is 30.2. The molecule has 0 saturated heterocycles. The molecule has 402 valence electrons. The Balaban J connectivity index is 0.000000459. The van der Waals surface area contributed by atoms with Crippen molar-refractivity contribution in [2.24, 2.45) is 10.8 Å². The molecule has 2 fully saturated rings. The Morgan fingerprint density at radius 3 is 1.42 bits per heavy atom. The van der Waals surface area contributed by atoms with Crippen LogP contribution in [0, 0.1) is 10.8 Å². The van der Waals surface area contributed by atoms with Crippen molar-refractivity contribution in [2.45, 2.75) is 177 Å². The summed E-state index contributed by atoms with van der Waals surface area (Å²) in [5.41, 5.74) is 3.35. The Labute approximate surface area is 438 Å². The maximum atomic E-state index is 12.4. The number of phenols is 1. The Morgan fingerprint density at radius 1 is 0.658 bits per heavy atom. The first-order chi connectivity index (χ1) is 34.4. The van der Waals surface area contributed by atoms with Gasteiger partial charge in [0.15, 0.2) is 6.29 Å². The van der Waals surface area contributed by atoms with E-state index in [1.165, 1.54) is 5.56 Å². The van der Waals surface area contributed by atoms with Gasteiger partial charge in [0.05, 0.1) is 10.8 Å². The van der Waals surface area contributed by atoms with Crippen LogP contribution in [0.4, 0.5) is 0 Å². The second-order valence-electron chi connectivity index (χ2n) is 19.8. The van der Waals surface area contributed by atoms with Crippen LogP contribution in [0.3, 0.4) is 0 Å². The van der Waals surface area contributed by atoms with Crippen molar-refractivity contribution in [3.8, 4) is 11.5 Å². The number of rotatable bonds is 16. The van der Waals surface area contributed by atoms with Crippen LogP contribution >= 0.6 is 0 Å². The van der Waals surface area contributed by atoms with E-state index in [2.05, 4.69) is 39.1 Å². The summed E-state index contributed by atoms with van der Waals surface area (Å²) in [7, 11) is 0. The molecule has 2 aliphatic rings. The maximum absolute atomic E-state index is 12.4. The van der Waals surface area contributed by atoms with Crippen molar-refractivity contribution < 1.29 is 53.4 Å². The molecule has 0 heterocycles. The van der Waals surface area contributed by atoms with E-state index >= 15 is 0 Å². The van der Waals surface area contributed by atoms with Gasteiger partial charge in [0, 0.05) is 19.1 Å². The van der Waals surface area contributed by atoms with Crippen LogP contribution in [0.1, 0.15) is 182 Å². The lowest BCUT2D eigenvalue weighted by Crippen LogP contribution is -2.36. The van der Waals surface area contributed by atoms with Crippen molar-refractivity contribution in [3.05, 3.63) is 150 Å². The number of hydrogen-bond acceptors (Lipinski definition) is 9. The summed E-state index contributed by atoms with van der Waals surface area (Å²) in [5, 5.41) is 24.9. The molecule has 0 bridgehead atoms. The fourth-order valence-electron chi connectivity index (χ4n) is 7.33. The molecule has 0 amide bonds. The highest BCUT2D eigenvalue weighted by molar-refractivity contribution is 5.87. The van der Waals surface area contributed by atoms with Gasteiger partial charge in [-0.2, -0.15) is 0 Å². The number of aromatic hydroxyl groups is 1. The van der Waals surface area contributed by atoms with Crippen molar-refractivity contribution in [1.29, 1.82) is 0 Å². The molecular weight excluding hydrogens is 921 g/mol. The predicted octanol–water partition coefficient (Wildman–Crippen LogP) is 15.6. The lowest BCUT2D eigenvalue weighted by molar-refractivity contribution is -0.171. The van der Waals surface area contributed by atoms with Gasteiger partial charge in [-0.3, -0.25) is 14.4 Å². The summed E-state index contributed by atoms with van der Waals surface area (Å²) in [5.74, 6) is -0.152. The minimum absolute atomic E-state index is 0.0687. The number of carboxylic acids is 2. The van der Waals surface area contributed by atoms with Crippen molar-refractivity contribution >= 4 is 30.0 Å². The van der Waals surface area contributed by atoms with E-state index in [1.807, 2.05) is 126 Å². The van der Waals surface area contributed by atoms with Gasteiger partial charge in [0.25, 0.3) is 5.97 Å². The maximum Gasteiger partial charge on any atom is 0.333 e. The van der Waals surface area contributed by atoms with Crippen LogP contribution in [0.25, 0.3) is 6.08 Å². The van der Waals surface area contributed by atoms with E-state index in [4.69, 9.17) is 39.1 Å². The van der Waals surface area contributed by atoms with E-state index in [1.54, 1.807) is 39.0 Å². The van der Waals surface area contributed by atoms with Crippen LogP contribution in [0.15, 0.2) is 128 Å². The molecule has 73 heavy (non-hydrogen) atoms. The summed E-state index contributed by atoms with van der Waals surface area (Å²) in [4.78, 5) is 43.4. The average molecular weight is 1010 g/mol.